The lowest BCUT2D eigenvalue weighted by molar-refractivity contribution is -0.144. The van der Waals surface area contributed by atoms with E-state index in [1.165, 1.54) is 57.8 Å². The first-order valence-corrected chi connectivity index (χ1v) is 8.11. The molecule has 3 heteroatoms. The molecule has 0 aromatic heterocycles. The lowest BCUT2D eigenvalue weighted by atomic mass is 10.1. The summed E-state index contributed by atoms with van der Waals surface area (Å²) in [6.45, 7) is 4.53. The van der Waals surface area contributed by atoms with Gasteiger partial charge in [-0.2, -0.15) is 0 Å². The number of rotatable bonds is 12. The van der Waals surface area contributed by atoms with Gasteiger partial charge in [0, 0.05) is 0 Å². The van der Waals surface area contributed by atoms with E-state index in [1.807, 2.05) is 6.92 Å². The van der Waals surface area contributed by atoms with E-state index >= 15 is 0 Å². The maximum atomic E-state index is 11.3. The summed E-state index contributed by atoms with van der Waals surface area (Å²) in [5.41, 5.74) is 0. The molecule has 2 unspecified atom stereocenters. The highest BCUT2D eigenvalue weighted by molar-refractivity contribution is 5.77. The summed E-state index contributed by atoms with van der Waals surface area (Å²) in [4.78, 5) is 11.3. The van der Waals surface area contributed by atoms with Gasteiger partial charge in [-0.25, -0.2) is 4.79 Å². The summed E-state index contributed by atoms with van der Waals surface area (Å²) in [7, 11) is 0. The number of esters is 1. The van der Waals surface area contributed by atoms with Gasteiger partial charge in [0.15, 0.2) is 6.10 Å². The summed E-state index contributed by atoms with van der Waals surface area (Å²) >= 11 is 0. The minimum atomic E-state index is -0.256. The summed E-state index contributed by atoms with van der Waals surface area (Å²) in [6, 6.07) is 0. The molecule has 1 aliphatic rings. The molecule has 1 aliphatic heterocycles. The number of hydrogen-bond donors (Lipinski definition) is 0. The zero-order valence-corrected chi connectivity index (χ0v) is 12.7. The number of epoxide rings is 1. The van der Waals surface area contributed by atoms with Crippen LogP contribution in [0, 0.1) is 0 Å². The van der Waals surface area contributed by atoms with Crippen molar-refractivity contribution in [3.05, 3.63) is 0 Å². The zero-order valence-electron chi connectivity index (χ0n) is 12.7. The van der Waals surface area contributed by atoms with Crippen LogP contribution in [0.2, 0.25) is 0 Å². The summed E-state index contributed by atoms with van der Waals surface area (Å²) < 4.78 is 10.3. The number of carbonyl (C=O) groups is 1. The first kappa shape index (κ1) is 16.5. The lowest BCUT2D eigenvalue weighted by Crippen LogP contribution is -2.13. The molecule has 0 radical (unpaired) electrons. The van der Waals surface area contributed by atoms with E-state index in [9.17, 15) is 4.79 Å². The van der Waals surface area contributed by atoms with Gasteiger partial charge in [0.25, 0.3) is 0 Å². The van der Waals surface area contributed by atoms with Gasteiger partial charge >= 0.3 is 5.97 Å². The second-order valence-corrected chi connectivity index (χ2v) is 5.46. The molecular formula is C16H30O3. The minimum absolute atomic E-state index is 0.142. The molecular weight excluding hydrogens is 240 g/mol. The Labute approximate surface area is 118 Å². The molecule has 0 aromatic carbocycles. The standard InChI is InChI=1S/C16H30O3/c1-3-5-6-7-8-9-10-11-12-13-14-15(19-14)16(17)18-4-2/h14-15H,3-13H2,1-2H3. The molecule has 1 fully saturated rings. The van der Waals surface area contributed by atoms with Crippen LogP contribution in [-0.4, -0.2) is 24.8 Å². The van der Waals surface area contributed by atoms with Gasteiger partial charge < -0.3 is 9.47 Å². The molecule has 3 nitrogen and oxygen atoms in total. The molecule has 0 amide bonds. The van der Waals surface area contributed by atoms with E-state index in [-0.39, 0.29) is 18.2 Å². The molecule has 0 bridgehead atoms. The lowest BCUT2D eigenvalue weighted by Gasteiger charge is -2.01. The molecule has 1 heterocycles. The van der Waals surface area contributed by atoms with Crippen LogP contribution < -0.4 is 0 Å². The summed E-state index contributed by atoms with van der Waals surface area (Å²) in [5.74, 6) is -0.177. The Morgan fingerprint density at radius 2 is 1.53 bits per heavy atom. The van der Waals surface area contributed by atoms with E-state index in [2.05, 4.69) is 6.92 Å². The Kier molecular flexibility index (Phi) is 8.89. The average Bonchev–Trinajstić information content (AvgIpc) is 3.17. The van der Waals surface area contributed by atoms with Crippen molar-refractivity contribution in [2.45, 2.75) is 90.3 Å². The van der Waals surface area contributed by atoms with Crippen LogP contribution in [0.5, 0.6) is 0 Å². The highest BCUT2D eigenvalue weighted by Gasteiger charge is 2.45. The molecule has 2 atom stereocenters. The molecule has 0 N–H and O–H groups in total. The first-order valence-electron chi connectivity index (χ1n) is 8.11. The van der Waals surface area contributed by atoms with E-state index in [1.54, 1.807) is 0 Å². The van der Waals surface area contributed by atoms with Crippen molar-refractivity contribution in [1.29, 1.82) is 0 Å². The monoisotopic (exact) mass is 270 g/mol. The maximum Gasteiger partial charge on any atom is 0.337 e. The fraction of sp³-hybridized carbons (Fsp3) is 0.938. The SMILES string of the molecule is CCCCCCCCCCCC1OC1C(=O)OCC. The topological polar surface area (TPSA) is 38.8 Å². The van der Waals surface area contributed by atoms with Crippen molar-refractivity contribution in [3.63, 3.8) is 0 Å². The smallest absolute Gasteiger partial charge is 0.337 e. The van der Waals surface area contributed by atoms with Crippen molar-refractivity contribution in [1.82, 2.24) is 0 Å². The van der Waals surface area contributed by atoms with Gasteiger partial charge in [-0.1, -0.05) is 64.7 Å². The summed E-state index contributed by atoms with van der Waals surface area (Å²) in [5, 5.41) is 0. The predicted octanol–water partition coefficient (Wildman–Crippen LogP) is 4.24. The maximum absolute atomic E-state index is 11.3. The third-order valence-electron chi connectivity index (χ3n) is 3.69. The van der Waals surface area contributed by atoms with Crippen molar-refractivity contribution in [2.24, 2.45) is 0 Å². The summed E-state index contributed by atoms with van der Waals surface area (Å²) in [6.07, 6.45) is 12.9. The first-order chi connectivity index (χ1) is 9.29. The Balaban J connectivity index is 1.81. The molecule has 0 spiro atoms. The van der Waals surface area contributed by atoms with E-state index in [0.29, 0.717) is 6.61 Å². The van der Waals surface area contributed by atoms with Crippen molar-refractivity contribution >= 4 is 5.97 Å². The van der Waals surface area contributed by atoms with Crippen molar-refractivity contribution < 1.29 is 14.3 Å². The normalized spacial score (nSPS) is 21.4. The quantitative estimate of drug-likeness (QED) is 0.302. The predicted molar refractivity (Wildman–Crippen MR) is 77.1 cm³/mol. The van der Waals surface area contributed by atoms with Crippen LogP contribution in [0.15, 0.2) is 0 Å². The molecule has 19 heavy (non-hydrogen) atoms. The van der Waals surface area contributed by atoms with Gasteiger partial charge in [-0.15, -0.1) is 0 Å². The van der Waals surface area contributed by atoms with Crippen LogP contribution in [0.4, 0.5) is 0 Å². The molecule has 1 rings (SSSR count). The number of ether oxygens (including phenoxy) is 2. The van der Waals surface area contributed by atoms with Crippen LogP contribution >= 0.6 is 0 Å². The largest absolute Gasteiger partial charge is 0.464 e. The van der Waals surface area contributed by atoms with Crippen molar-refractivity contribution in [3.8, 4) is 0 Å². The molecule has 0 aliphatic carbocycles. The Hall–Kier alpha value is -0.570. The minimum Gasteiger partial charge on any atom is -0.464 e. The molecule has 112 valence electrons. The fourth-order valence-corrected chi connectivity index (χ4v) is 2.45. The number of unbranched alkanes of at least 4 members (excludes halogenated alkanes) is 8. The molecule has 0 saturated carbocycles. The third-order valence-corrected chi connectivity index (χ3v) is 3.69. The van der Waals surface area contributed by atoms with Crippen LogP contribution in [-0.2, 0) is 14.3 Å². The van der Waals surface area contributed by atoms with E-state index in [0.717, 1.165) is 6.42 Å². The Morgan fingerprint density at radius 1 is 0.947 bits per heavy atom. The van der Waals surface area contributed by atoms with Crippen LogP contribution in [0.1, 0.15) is 78.1 Å². The van der Waals surface area contributed by atoms with Gasteiger partial charge in [-0.05, 0) is 13.3 Å². The Bertz CT molecular complexity index is 240. The number of carbonyl (C=O) groups excluding carboxylic acids is 1. The van der Waals surface area contributed by atoms with Crippen LogP contribution in [0.3, 0.4) is 0 Å². The van der Waals surface area contributed by atoms with Gasteiger partial charge in [0.1, 0.15) is 0 Å². The molecule has 0 aromatic rings. The van der Waals surface area contributed by atoms with E-state index < -0.39 is 0 Å². The Morgan fingerprint density at radius 3 is 2.11 bits per heavy atom. The van der Waals surface area contributed by atoms with E-state index in [4.69, 9.17) is 9.47 Å². The highest BCUT2D eigenvalue weighted by atomic mass is 16.6. The molecule has 1 saturated heterocycles. The van der Waals surface area contributed by atoms with Crippen molar-refractivity contribution in [2.75, 3.05) is 6.61 Å². The van der Waals surface area contributed by atoms with Gasteiger partial charge in [0.2, 0.25) is 0 Å². The van der Waals surface area contributed by atoms with Gasteiger partial charge in [-0.3, -0.25) is 0 Å². The second kappa shape index (κ2) is 10.2. The fourth-order valence-electron chi connectivity index (χ4n) is 2.45. The van der Waals surface area contributed by atoms with Gasteiger partial charge in [0.05, 0.1) is 12.7 Å². The third kappa shape index (κ3) is 7.56. The highest BCUT2D eigenvalue weighted by Crippen LogP contribution is 2.28. The van der Waals surface area contributed by atoms with Crippen LogP contribution in [0.25, 0.3) is 0 Å². The second-order valence-electron chi connectivity index (χ2n) is 5.46. The number of hydrogen-bond acceptors (Lipinski definition) is 3. The average molecular weight is 270 g/mol. The zero-order chi connectivity index (χ0) is 13.9.